The topological polar surface area (TPSA) is 54.9 Å². The van der Waals surface area contributed by atoms with Gasteiger partial charge in [-0.15, -0.1) is 0 Å². The van der Waals surface area contributed by atoms with E-state index in [-0.39, 0.29) is 5.91 Å². The number of carbonyl (C=O) groups excluding carboxylic acids is 1. The van der Waals surface area contributed by atoms with Gasteiger partial charge in [-0.3, -0.25) is 14.8 Å². The molecule has 1 amide bonds. The summed E-state index contributed by atoms with van der Waals surface area (Å²) in [4.78, 5) is 19.5. The number of carbonyl (C=O) groups is 1. The monoisotopic (exact) mass is 227 g/mol. The van der Waals surface area contributed by atoms with Crippen molar-refractivity contribution in [1.29, 1.82) is 0 Å². The highest BCUT2D eigenvalue weighted by molar-refractivity contribution is 5.93. The van der Waals surface area contributed by atoms with E-state index in [2.05, 4.69) is 15.3 Å². The van der Waals surface area contributed by atoms with Crippen molar-refractivity contribution in [3.05, 3.63) is 60.2 Å². The van der Waals surface area contributed by atoms with E-state index >= 15 is 0 Å². The van der Waals surface area contributed by atoms with Crippen LogP contribution < -0.4 is 5.32 Å². The van der Waals surface area contributed by atoms with Crippen LogP contribution in [0.3, 0.4) is 0 Å². The van der Waals surface area contributed by atoms with Crippen molar-refractivity contribution >= 4 is 5.91 Å². The number of aromatic nitrogens is 2. The van der Waals surface area contributed by atoms with Gasteiger partial charge in [-0.05, 0) is 36.2 Å². The maximum Gasteiger partial charge on any atom is 0.252 e. The molecule has 0 fully saturated rings. The fraction of sp³-hybridized carbons (Fsp3) is 0.154. The Morgan fingerprint density at radius 3 is 2.65 bits per heavy atom. The zero-order chi connectivity index (χ0) is 11.9. The SMILES string of the molecule is O=C(NCCc1ccncc1)c1cccnc1. The van der Waals surface area contributed by atoms with Gasteiger partial charge in [-0.1, -0.05) is 0 Å². The van der Waals surface area contributed by atoms with Crippen LogP contribution in [0, 0.1) is 0 Å². The van der Waals surface area contributed by atoms with Gasteiger partial charge in [-0.2, -0.15) is 0 Å². The third-order valence-electron chi connectivity index (χ3n) is 2.37. The van der Waals surface area contributed by atoms with Crippen LogP contribution in [-0.4, -0.2) is 22.4 Å². The second kappa shape index (κ2) is 5.75. The van der Waals surface area contributed by atoms with Crippen LogP contribution >= 0.6 is 0 Å². The van der Waals surface area contributed by atoms with Gasteiger partial charge in [0.15, 0.2) is 0 Å². The lowest BCUT2D eigenvalue weighted by atomic mass is 10.2. The van der Waals surface area contributed by atoms with Crippen LogP contribution in [0.15, 0.2) is 49.1 Å². The second-order valence-corrected chi connectivity index (χ2v) is 3.60. The molecule has 0 saturated carbocycles. The summed E-state index contributed by atoms with van der Waals surface area (Å²) in [7, 11) is 0. The molecule has 0 spiro atoms. The van der Waals surface area contributed by atoms with E-state index in [1.165, 1.54) is 0 Å². The van der Waals surface area contributed by atoms with E-state index < -0.39 is 0 Å². The molecule has 0 aliphatic rings. The van der Waals surface area contributed by atoms with Crippen molar-refractivity contribution in [3.63, 3.8) is 0 Å². The van der Waals surface area contributed by atoms with Crippen LogP contribution in [0.25, 0.3) is 0 Å². The Kier molecular flexibility index (Phi) is 3.81. The highest BCUT2D eigenvalue weighted by Gasteiger charge is 2.03. The minimum absolute atomic E-state index is 0.0906. The van der Waals surface area contributed by atoms with Crippen molar-refractivity contribution in [2.24, 2.45) is 0 Å². The van der Waals surface area contributed by atoms with Gasteiger partial charge >= 0.3 is 0 Å². The van der Waals surface area contributed by atoms with Crippen molar-refractivity contribution in [3.8, 4) is 0 Å². The molecule has 86 valence electrons. The summed E-state index contributed by atoms with van der Waals surface area (Å²) >= 11 is 0. The molecule has 0 radical (unpaired) electrons. The van der Waals surface area contributed by atoms with Crippen molar-refractivity contribution in [1.82, 2.24) is 15.3 Å². The average molecular weight is 227 g/mol. The van der Waals surface area contributed by atoms with Gasteiger partial charge < -0.3 is 5.32 Å². The van der Waals surface area contributed by atoms with Gasteiger partial charge in [0.25, 0.3) is 5.91 Å². The highest BCUT2D eigenvalue weighted by atomic mass is 16.1. The van der Waals surface area contributed by atoms with Crippen LogP contribution in [0.1, 0.15) is 15.9 Å². The summed E-state index contributed by atoms with van der Waals surface area (Å²) in [6.45, 7) is 0.609. The lowest BCUT2D eigenvalue weighted by molar-refractivity contribution is 0.0954. The van der Waals surface area contributed by atoms with Gasteiger partial charge in [0.2, 0.25) is 0 Å². The number of hydrogen-bond donors (Lipinski definition) is 1. The maximum absolute atomic E-state index is 11.7. The Bertz CT molecular complexity index is 471. The van der Waals surface area contributed by atoms with E-state index in [4.69, 9.17) is 0 Å². The van der Waals surface area contributed by atoms with E-state index in [1.54, 1.807) is 36.9 Å². The Labute approximate surface area is 99.7 Å². The summed E-state index contributed by atoms with van der Waals surface area (Å²) in [5.74, 6) is -0.0906. The lowest BCUT2D eigenvalue weighted by Crippen LogP contribution is -2.25. The predicted octanol–water partition coefficient (Wildman–Crippen LogP) is 1.45. The highest BCUT2D eigenvalue weighted by Crippen LogP contribution is 1.98. The summed E-state index contributed by atoms with van der Waals surface area (Å²) in [5, 5.41) is 2.85. The van der Waals surface area contributed by atoms with Crippen LogP contribution in [-0.2, 0) is 6.42 Å². The molecular weight excluding hydrogens is 214 g/mol. The molecule has 0 unspecified atom stereocenters. The van der Waals surface area contributed by atoms with Crippen LogP contribution in [0.4, 0.5) is 0 Å². The zero-order valence-electron chi connectivity index (χ0n) is 9.34. The zero-order valence-corrected chi connectivity index (χ0v) is 9.34. The molecule has 4 nitrogen and oxygen atoms in total. The van der Waals surface area contributed by atoms with Gasteiger partial charge in [-0.25, -0.2) is 0 Å². The molecular formula is C13H13N3O. The fourth-order valence-electron chi connectivity index (χ4n) is 1.47. The lowest BCUT2D eigenvalue weighted by Gasteiger charge is -2.04. The predicted molar refractivity (Wildman–Crippen MR) is 64.5 cm³/mol. The van der Waals surface area contributed by atoms with E-state index in [1.807, 2.05) is 12.1 Å². The minimum atomic E-state index is -0.0906. The molecule has 0 saturated heterocycles. The van der Waals surface area contributed by atoms with Gasteiger partial charge in [0.05, 0.1) is 5.56 Å². The number of nitrogens with zero attached hydrogens (tertiary/aromatic N) is 2. The molecule has 0 aliphatic heterocycles. The Hall–Kier alpha value is -2.23. The molecule has 2 aromatic heterocycles. The summed E-state index contributed by atoms with van der Waals surface area (Å²) in [6.07, 6.45) is 7.50. The number of hydrogen-bond acceptors (Lipinski definition) is 3. The van der Waals surface area contributed by atoms with E-state index in [0.717, 1.165) is 12.0 Å². The summed E-state index contributed by atoms with van der Waals surface area (Å²) in [5.41, 5.74) is 1.74. The summed E-state index contributed by atoms with van der Waals surface area (Å²) in [6, 6.07) is 7.37. The molecule has 0 aliphatic carbocycles. The van der Waals surface area contributed by atoms with E-state index in [9.17, 15) is 4.79 Å². The fourth-order valence-corrected chi connectivity index (χ4v) is 1.47. The first-order valence-electron chi connectivity index (χ1n) is 5.43. The first kappa shape index (κ1) is 11.3. The first-order chi connectivity index (χ1) is 8.36. The quantitative estimate of drug-likeness (QED) is 0.860. The minimum Gasteiger partial charge on any atom is -0.352 e. The van der Waals surface area contributed by atoms with Crippen molar-refractivity contribution in [2.45, 2.75) is 6.42 Å². The molecule has 0 aromatic carbocycles. The number of rotatable bonds is 4. The third-order valence-corrected chi connectivity index (χ3v) is 2.37. The smallest absolute Gasteiger partial charge is 0.252 e. The average Bonchev–Trinajstić information content (AvgIpc) is 2.41. The molecule has 2 heterocycles. The Balaban J connectivity index is 1.82. The number of pyridine rings is 2. The number of nitrogens with one attached hydrogen (secondary N) is 1. The molecule has 17 heavy (non-hydrogen) atoms. The molecule has 2 rings (SSSR count). The normalized spacial score (nSPS) is 9.88. The molecule has 4 heteroatoms. The Morgan fingerprint density at radius 1 is 1.12 bits per heavy atom. The van der Waals surface area contributed by atoms with Gasteiger partial charge in [0.1, 0.15) is 0 Å². The Morgan fingerprint density at radius 2 is 1.94 bits per heavy atom. The van der Waals surface area contributed by atoms with Crippen LogP contribution in [0.5, 0.6) is 0 Å². The molecule has 2 aromatic rings. The maximum atomic E-state index is 11.7. The van der Waals surface area contributed by atoms with Crippen LogP contribution in [0.2, 0.25) is 0 Å². The van der Waals surface area contributed by atoms with Crippen molar-refractivity contribution < 1.29 is 4.79 Å². The van der Waals surface area contributed by atoms with Crippen molar-refractivity contribution in [2.75, 3.05) is 6.54 Å². The summed E-state index contributed by atoms with van der Waals surface area (Å²) < 4.78 is 0. The molecule has 0 bridgehead atoms. The molecule has 0 atom stereocenters. The number of amides is 1. The first-order valence-corrected chi connectivity index (χ1v) is 5.43. The largest absolute Gasteiger partial charge is 0.352 e. The third kappa shape index (κ3) is 3.38. The standard InChI is InChI=1S/C13H13N3O/c17-13(12-2-1-6-15-10-12)16-9-5-11-3-7-14-8-4-11/h1-4,6-8,10H,5,9H2,(H,16,17). The molecule has 1 N–H and O–H groups in total. The second-order valence-electron chi connectivity index (χ2n) is 3.60. The van der Waals surface area contributed by atoms with Gasteiger partial charge in [0, 0.05) is 31.3 Å². The van der Waals surface area contributed by atoms with E-state index in [0.29, 0.717) is 12.1 Å².